The van der Waals surface area contributed by atoms with Crippen molar-refractivity contribution in [1.82, 2.24) is 9.97 Å². The summed E-state index contributed by atoms with van der Waals surface area (Å²) in [5.41, 5.74) is 0.244. The summed E-state index contributed by atoms with van der Waals surface area (Å²) >= 11 is 1.35. The molecule has 1 N–H and O–H groups in total. The van der Waals surface area contributed by atoms with Crippen LogP contribution in [-0.4, -0.2) is 28.5 Å². The number of amides is 1. The van der Waals surface area contributed by atoms with E-state index in [-0.39, 0.29) is 17.3 Å². The van der Waals surface area contributed by atoms with Crippen molar-refractivity contribution in [3.8, 4) is 6.07 Å². The molecule has 6 nitrogen and oxygen atoms in total. The van der Waals surface area contributed by atoms with Gasteiger partial charge in [-0.3, -0.25) is 4.79 Å². The van der Waals surface area contributed by atoms with Crippen molar-refractivity contribution in [1.29, 1.82) is 5.26 Å². The maximum Gasteiger partial charge on any atom is 0.228 e. The minimum Gasteiger partial charge on any atom is -0.344 e. The van der Waals surface area contributed by atoms with Crippen LogP contribution in [0.4, 0.5) is 15.3 Å². The van der Waals surface area contributed by atoms with Gasteiger partial charge in [-0.2, -0.15) is 5.26 Å². The molecule has 2 aromatic rings. The molecule has 27 heavy (non-hydrogen) atoms. The van der Waals surface area contributed by atoms with Gasteiger partial charge in [0.05, 0.1) is 18.7 Å². The lowest BCUT2D eigenvalue weighted by atomic mass is 9.94. The van der Waals surface area contributed by atoms with Crippen molar-refractivity contribution < 1.29 is 9.18 Å². The maximum atomic E-state index is 14.3. The number of nitrogens with zero attached hydrogens (tertiary/aromatic N) is 4. The molecule has 0 aliphatic heterocycles. The number of hydrogen-bond donors (Lipinski definition) is 1. The number of fused-ring (bicyclic) bond motifs is 1. The van der Waals surface area contributed by atoms with E-state index in [2.05, 4.69) is 26.3 Å². The van der Waals surface area contributed by atoms with E-state index in [1.807, 2.05) is 0 Å². The third-order valence-corrected chi connectivity index (χ3v) is 6.38. The summed E-state index contributed by atoms with van der Waals surface area (Å²) in [6.45, 7) is 0.583. The van der Waals surface area contributed by atoms with Crippen LogP contribution in [0.1, 0.15) is 51.4 Å². The second kappa shape index (κ2) is 7.77. The number of carbonyl (C=O) groups excluding carboxylic acids is 1. The molecule has 0 unspecified atom stereocenters. The van der Waals surface area contributed by atoms with Crippen LogP contribution in [0.5, 0.6) is 0 Å². The molecule has 2 saturated carbocycles. The second-order valence-corrected chi connectivity index (χ2v) is 8.26. The molecule has 2 aliphatic carbocycles. The molecule has 8 heteroatoms. The number of thiazole rings is 1. The Morgan fingerprint density at radius 2 is 2.11 bits per heavy atom. The number of nitriles is 1. The minimum atomic E-state index is -0.485. The first-order valence-corrected chi connectivity index (χ1v) is 10.4. The zero-order chi connectivity index (χ0) is 18.8. The van der Waals surface area contributed by atoms with Gasteiger partial charge in [-0.1, -0.05) is 30.6 Å². The van der Waals surface area contributed by atoms with Gasteiger partial charge in [-0.15, -0.1) is 0 Å². The van der Waals surface area contributed by atoms with E-state index in [0.29, 0.717) is 34.7 Å². The SMILES string of the molecule is N#CCCN(c1nc2c(F)cnc(NC(=O)C3CC3)c2s1)C1CCCCC1. The highest BCUT2D eigenvalue weighted by Crippen LogP contribution is 2.38. The van der Waals surface area contributed by atoms with Crippen LogP contribution < -0.4 is 10.2 Å². The van der Waals surface area contributed by atoms with E-state index in [1.54, 1.807) is 0 Å². The van der Waals surface area contributed by atoms with E-state index in [9.17, 15) is 9.18 Å². The Morgan fingerprint density at radius 3 is 2.81 bits per heavy atom. The molecule has 0 bridgehead atoms. The molecule has 0 radical (unpaired) electrons. The van der Waals surface area contributed by atoms with Gasteiger partial charge in [-0.05, 0) is 25.7 Å². The third-order valence-electron chi connectivity index (χ3n) is 5.28. The van der Waals surface area contributed by atoms with Gasteiger partial charge in [0.15, 0.2) is 16.8 Å². The standard InChI is InChI=1S/C19H22FN5OS/c20-14-11-22-17(24-18(26)12-7-8-12)16-15(14)23-19(27-16)25(10-4-9-21)13-5-2-1-3-6-13/h11-13H,1-8,10H2,(H,22,24,26). The zero-order valence-corrected chi connectivity index (χ0v) is 15.9. The molecule has 2 heterocycles. The third kappa shape index (κ3) is 3.88. The summed E-state index contributed by atoms with van der Waals surface area (Å²) in [6.07, 6.45) is 9.00. The largest absolute Gasteiger partial charge is 0.344 e. The van der Waals surface area contributed by atoms with Crippen molar-refractivity contribution in [2.75, 3.05) is 16.8 Å². The Labute approximate surface area is 161 Å². The predicted octanol–water partition coefficient (Wildman–Crippen LogP) is 4.23. The van der Waals surface area contributed by atoms with Crippen molar-refractivity contribution in [3.05, 3.63) is 12.0 Å². The molecule has 142 valence electrons. The first-order chi connectivity index (χ1) is 13.2. The Kier molecular flexibility index (Phi) is 5.21. The minimum absolute atomic E-state index is 0.0497. The topological polar surface area (TPSA) is 81.9 Å². The first kappa shape index (κ1) is 18.1. The van der Waals surface area contributed by atoms with Gasteiger partial charge in [0.2, 0.25) is 5.91 Å². The Hall–Kier alpha value is -2.27. The van der Waals surface area contributed by atoms with E-state index >= 15 is 0 Å². The van der Waals surface area contributed by atoms with Crippen molar-refractivity contribution in [2.24, 2.45) is 5.92 Å². The van der Waals surface area contributed by atoms with Gasteiger partial charge in [0.25, 0.3) is 0 Å². The average molecular weight is 387 g/mol. The Morgan fingerprint density at radius 1 is 1.33 bits per heavy atom. The van der Waals surface area contributed by atoms with Gasteiger partial charge >= 0.3 is 0 Å². The lowest BCUT2D eigenvalue weighted by Crippen LogP contribution is -2.37. The van der Waals surface area contributed by atoms with Crippen LogP contribution >= 0.6 is 11.3 Å². The highest BCUT2D eigenvalue weighted by Gasteiger charge is 2.31. The monoisotopic (exact) mass is 387 g/mol. The molecule has 2 fully saturated rings. The normalized spacial score (nSPS) is 17.6. The fourth-order valence-electron chi connectivity index (χ4n) is 3.65. The molecular weight excluding hydrogens is 365 g/mol. The lowest BCUT2D eigenvalue weighted by molar-refractivity contribution is -0.117. The number of carbonyl (C=O) groups is 1. The summed E-state index contributed by atoms with van der Waals surface area (Å²) in [5, 5.41) is 12.6. The average Bonchev–Trinajstić information content (AvgIpc) is 3.44. The lowest BCUT2D eigenvalue weighted by Gasteiger charge is -2.33. The van der Waals surface area contributed by atoms with Gasteiger partial charge < -0.3 is 10.2 Å². The van der Waals surface area contributed by atoms with Gasteiger partial charge in [-0.25, -0.2) is 14.4 Å². The van der Waals surface area contributed by atoms with Crippen LogP contribution in [0.2, 0.25) is 0 Å². The van der Waals surface area contributed by atoms with Crippen LogP contribution in [0, 0.1) is 23.1 Å². The molecular formula is C19H22FN5OS. The molecule has 0 saturated heterocycles. The van der Waals surface area contributed by atoms with Crippen molar-refractivity contribution in [2.45, 2.75) is 57.4 Å². The van der Waals surface area contributed by atoms with Crippen LogP contribution in [-0.2, 0) is 4.79 Å². The fraction of sp³-hybridized carbons (Fsp3) is 0.579. The van der Waals surface area contributed by atoms with Crippen LogP contribution in [0.3, 0.4) is 0 Å². The molecule has 2 aromatic heterocycles. The van der Waals surface area contributed by atoms with Gasteiger partial charge in [0, 0.05) is 18.5 Å². The van der Waals surface area contributed by atoms with E-state index < -0.39 is 5.82 Å². The number of anilines is 2. The number of hydrogen-bond acceptors (Lipinski definition) is 6. The van der Waals surface area contributed by atoms with Gasteiger partial charge in [0.1, 0.15) is 10.2 Å². The van der Waals surface area contributed by atoms with Crippen LogP contribution in [0.25, 0.3) is 10.2 Å². The second-order valence-electron chi connectivity index (χ2n) is 7.29. The number of rotatable bonds is 6. The number of halogens is 1. The summed E-state index contributed by atoms with van der Waals surface area (Å²) < 4.78 is 14.9. The Balaban J connectivity index is 1.67. The quantitative estimate of drug-likeness (QED) is 0.802. The van der Waals surface area contributed by atoms with E-state index in [0.717, 1.165) is 44.7 Å². The first-order valence-electron chi connectivity index (χ1n) is 9.57. The summed E-state index contributed by atoms with van der Waals surface area (Å²) in [7, 11) is 0. The summed E-state index contributed by atoms with van der Waals surface area (Å²) in [5.74, 6) is -0.107. The number of nitrogens with one attached hydrogen (secondary N) is 1. The number of pyridine rings is 1. The molecule has 4 rings (SSSR count). The van der Waals surface area contributed by atoms with Crippen molar-refractivity contribution in [3.63, 3.8) is 0 Å². The molecule has 0 aromatic carbocycles. The molecule has 1 amide bonds. The summed E-state index contributed by atoms with van der Waals surface area (Å²) in [4.78, 5) is 22.9. The summed E-state index contributed by atoms with van der Waals surface area (Å²) in [6, 6.07) is 2.53. The molecule has 0 atom stereocenters. The number of aromatic nitrogens is 2. The predicted molar refractivity (Wildman–Crippen MR) is 103 cm³/mol. The molecule has 0 spiro atoms. The fourth-order valence-corrected chi connectivity index (χ4v) is 4.76. The van der Waals surface area contributed by atoms with E-state index in [1.165, 1.54) is 17.8 Å². The highest BCUT2D eigenvalue weighted by atomic mass is 32.1. The molecule has 2 aliphatic rings. The maximum absolute atomic E-state index is 14.3. The van der Waals surface area contributed by atoms with Crippen molar-refractivity contribution >= 4 is 38.4 Å². The Bertz CT molecular complexity index is 882. The van der Waals surface area contributed by atoms with E-state index in [4.69, 9.17) is 5.26 Å². The zero-order valence-electron chi connectivity index (χ0n) is 15.1. The highest BCUT2D eigenvalue weighted by molar-refractivity contribution is 7.22. The smallest absolute Gasteiger partial charge is 0.228 e. The van der Waals surface area contributed by atoms with Crippen LogP contribution in [0.15, 0.2) is 6.20 Å².